The molecule has 2 aromatic heterocycles. The monoisotopic (exact) mass is 256 g/mol. The Balaban J connectivity index is 2.25. The normalized spacial score (nSPS) is 10.4. The number of pyridine rings is 1. The maximum Gasteiger partial charge on any atom is 0.200 e. The minimum Gasteiger partial charge on any atom is -0.449 e. The van der Waals surface area contributed by atoms with E-state index in [4.69, 9.17) is 4.42 Å². The van der Waals surface area contributed by atoms with Crippen molar-refractivity contribution in [3.8, 4) is 0 Å². The van der Waals surface area contributed by atoms with Crippen LogP contribution in [0.15, 0.2) is 33.6 Å². The number of oxazole rings is 1. The molecule has 0 aromatic carbocycles. The third-order valence-corrected chi connectivity index (χ3v) is 2.12. The topological polar surface area (TPSA) is 38.9 Å². The van der Waals surface area contributed by atoms with E-state index in [1.165, 1.54) is 18.5 Å². The van der Waals surface area contributed by atoms with Crippen LogP contribution in [0.5, 0.6) is 0 Å². The first kappa shape index (κ1) is 9.33. The first-order valence-corrected chi connectivity index (χ1v) is 4.73. The third kappa shape index (κ3) is 1.98. The molecular formula is C9H6BrFN2O. The van der Waals surface area contributed by atoms with Gasteiger partial charge in [0, 0.05) is 10.7 Å². The van der Waals surface area contributed by atoms with Gasteiger partial charge in [-0.15, -0.1) is 0 Å². The Kier molecular flexibility index (Phi) is 2.58. The molecule has 0 saturated heterocycles. The van der Waals surface area contributed by atoms with Crippen molar-refractivity contribution >= 4 is 15.9 Å². The van der Waals surface area contributed by atoms with E-state index in [1.807, 2.05) is 0 Å². The van der Waals surface area contributed by atoms with Crippen LogP contribution in [0, 0.1) is 5.82 Å². The Morgan fingerprint density at radius 1 is 1.43 bits per heavy atom. The quantitative estimate of drug-likeness (QED) is 0.829. The van der Waals surface area contributed by atoms with Crippen LogP contribution in [-0.4, -0.2) is 9.97 Å². The van der Waals surface area contributed by atoms with Crippen molar-refractivity contribution in [3.05, 3.63) is 46.6 Å². The lowest BCUT2D eigenvalue weighted by atomic mass is 10.2. The second-order valence-corrected chi connectivity index (χ2v) is 3.60. The lowest BCUT2D eigenvalue weighted by Crippen LogP contribution is -1.96. The highest BCUT2D eigenvalue weighted by Crippen LogP contribution is 2.14. The Labute approximate surface area is 88.1 Å². The van der Waals surface area contributed by atoms with Gasteiger partial charge in [0.05, 0.1) is 18.3 Å². The van der Waals surface area contributed by atoms with Crippen LogP contribution in [0.2, 0.25) is 0 Å². The maximum atomic E-state index is 13.3. The van der Waals surface area contributed by atoms with E-state index in [-0.39, 0.29) is 12.2 Å². The average molecular weight is 257 g/mol. The predicted octanol–water partition coefficient (Wildman–Crippen LogP) is 2.56. The molecule has 14 heavy (non-hydrogen) atoms. The van der Waals surface area contributed by atoms with Gasteiger partial charge in [-0.3, -0.25) is 4.98 Å². The summed E-state index contributed by atoms with van der Waals surface area (Å²) in [6.45, 7) is 0. The van der Waals surface area contributed by atoms with Crippen LogP contribution in [-0.2, 0) is 6.42 Å². The molecule has 0 bridgehead atoms. The first-order chi connectivity index (χ1) is 6.75. The second kappa shape index (κ2) is 3.88. The lowest BCUT2D eigenvalue weighted by Gasteiger charge is -1.99. The van der Waals surface area contributed by atoms with Crippen molar-refractivity contribution in [1.29, 1.82) is 0 Å². The summed E-state index contributed by atoms with van der Waals surface area (Å²) < 4.78 is 18.9. The summed E-state index contributed by atoms with van der Waals surface area (Å²) in [7, 11) is 0. The van der Waals surface area contributed by atoms with Gasteiger partial charge < -0.3 is 4.42 Å². The molecule has 0 unspecified atom stereocenters. The van der Waals surface area contributed by atoms with E-state index < -0.39 is 0 Å². The Morgan fingerprint density at radius 2 is 2.29 bits per heavy atom. The van der Waals surface area contributed by atoms with E-state index in [0.717, 1.165) is 0 Å². The van der Waals surface area contributed by atoms with E-state index in [1.54, 1.807) is 6.20 Å². The fourth-order valence-electron chi connectivity index (χ4n) is 1.06. The summed E-state index contributed by atoms with van der Waals surface area (Å²) in [6.07, 6.45) is 4.78. The molecule has 0 amide bonds. The fourth-order valence-corrected chi connectivity index (χ4v) is 1.36. The lowest BCUT2D eigenvalue weighted by molar-refractivity contribution is 0.497. The van der Waals surface area contributed by atoms with E-state index >= 15 is 0 Å². The van der Waals surface area contributed by atoms with Crippen molar-refractivity contribution in [2.24, 2.45) is 0 Å². The standard InChI is InChI=1S/C9H6BrFN2O/c10-6-3-7(11)8(13-5-6)4-9-12-1-2-14-9/h1-3,5H,4H2. The van der Waals surface area contributed by atoms with Crippen LogP contribution in [0.4, 0.5) is 4.39 Å². The highest BCUT2D eigenvalue weighted by molar-refractivity contribution is 9.10. The molecule has 2 heterocycles. The molecule has 0 aliphatic rings. The Bertz CT molecular complexity index is 430. The molecule has 0 atom stereocenters. The summed E-state index contributed by atoms with van der Waals surface area (Å²) in [5.41, 5.74) is 0.329. The maximum absolute atomic E-state index is 13.3. The largest absolute Gasteiger partial charge is 0.449 e. The minimum atomic E-state index is -0.363. The van der Waals surface area contributed by atoms with Crippen molar-refractivity contribution in [3.63, 3.8) is 0 Å². The van der Waals surface area contributed by atoms with Gasteiger partial charge in [0.2, 0.25) is 0 Å². The summed E-state index contributed by atoms with van der Waals surface area (Å²) >= 11 is 3.13. The first-order valence-electron chi connectivity index (χ1n) is 3.94. The Hall–Kier alpha value is -1.23. The van der Waals surface area contributed by atoms with Gasteiger partial charge >= 0.3 is 0 Å². The van der Waals surface area contributed by atoms with E-state index in [2.05, 4.69) is 25.9 Å². The molecule has 0 radical (unpaired) electrons. The molecule has 5 heteroatoms. The number of hydrogen-bond donors (Lipinski definition) is 0. The molecule has 2 rings (SSSR count). The van der Waals surface area contributed by atoms with Gasteiger partial charge in [-0.1, -0.05) is 0 Å². The molecule has 3 nitrogen and oxygen atoms in total. The number of hydrogen-bond acceptors (Lipinski definition) is 3. The molecule has 2 aromatic rings. The number of aromatic nitrogens is 2. The van der Waals surface area contributed by atoms with E-state index in [0.29, 0.717) is 16.1 Å². The van der Waals surface area contributed by atoms with Crippen LogP contribution in [0.25, 0.3) is 0 Å². The van der Waals surface area contributed by atoms with Gasteiger partial charge in [-0.05, 0) is 22.0 Å². The predicted molar refractivity (Wildman–Crippen MR) is 51.2 cm³/mol. The number of halogens is 2. The molecule has 0 spiro atoms. The highest BCUT2D eigenvalue weighted by atomic mass is 79.9. The van der Waals surface area contributed by atoms with Crippen LogP contribution < -0.4 is 0 Å². The van der Waals surface area contributed by atoms with Gasteiger partial charge in [0.25, 0.3) is 0 Å². The number of rotatable bonds is 2. The van der Waals surface area contributed by atoms with E-state index in [9.17, 15) is 4.39 Å². The fraction of sp³-hybridized carbons (Fsp3) is 0.111. The molecule has 0 aliphatic carbocycles. The average Bonchev–Trinajstić information content (AvgIpc) is 2.62. The zero-order valence-electron chi connectivity index (χ0n) is 7.08. The summed E-state index contributed by atoms with van der Waals surface area (Å²) in [6, 6.07) is 1.37. The van der Waals surface area contributed by atoms with Gasteiger partial charge in [0.15, 0.2) is 5.89 Å². The number of nitrogens with zero attached hydrogens (tertiary/aromatic N) is 2. The van der Waals surface area contributed by atoms with Gasteiger partial charge in [0.1, 0.15) is 12.1 Å². The molecular weight excluding hydrogens is 251 g/mol. The van der Waals surface area contributed by atoms with Crippen molar-refractivity contribution in [2.45, 2.75) is 6.42 Å². The van der Waals surface area contributed by atoms with Crippen LogP contribution >= 0.6 is 15.9 Å². The Morgan fingerprint density at radius 3 is 2.93 bits per heavy atom. The van der Waals surface area contributed by atoms with Crippen molar-refractivity contribution in [1.82, 2.24) is 9.97 Å². The smallest absolute Gasteiger partial charge is 0.200 e. The van der Waals surface area contributed by atoms with Gasteiger partial charge in [-0.25, -0.2) is 9.37 Å². The van der Waals surface area contributed by atoms with Crippen molar-refractivity contribution < 1.29 is 8.81 Å². The second-order valence-electron chi connectivity index (χ2n) is 2.68. The van der Waals surface area contributed by atoms with Crippen LogP contribution in [0.3, 0.4) is 0 Å². The third-order valence-electron chi connectivity index (χ3n) is 1.69. The summed E-state index contributed by atoms with van der Waals surface area (Å²) in [5, 5.41) is 0. The minimum absolute atomic E-state index is 0.270. The molecule has 0 fully saturated rings. The summed E-state index contributed by atoms with van der Waals surface area (Å²) in [4.78, 5) is 7.82. The van der Waals surface area contributed by atoms with Crippen LogP contribution in [0.1, 0.15) is 11.6 Å². The van der Waals surface area contributed by atoms with Gasteiger partial charge in [-0.2, -0.15) is 0 Å². The SMILES string of the molecule is Fc1cc(Br)cnc1Cc1ncco1. The molecule has 0 aliphatic heterocycles. The zero-order chi connectivity index (χ0) is 9.97. The van der Waals surface area contributed by atoms with Crippen molar-refractivity contribution in [2.75, 3.05) is 0 Å². The molecule has 0 N–H and O–H groups in total. The highest BCUT2D eigenvalue weighted by Gasteiger charge is 2.07. The molecule has 0 saturated carbocycles. The zero-order valence-corrected chi connectivity index (χ0v) is 8.66. The summed E-state index contributed by atoms with van der Waals surface area (Å²) in [5.74, 6) is 0.0938. The molecule has 72 valence electrons.